The molecular weight excluding hydrogens is 365 g/mol. The Hall–Kier alpha value is -1.46. The van der Waals surface area contributed by atoms with Gasteiger partial charge in [-0.2, -0.15) is 0 Å². The predicted octanol–water partition coefficient (Wildman–Crippen LogP) is 1.93. The molecule has 0 saturated carbocycles. The molecule has 0 aliphatic rings. The molecule has 2 aromatic carbocycles. The van der Waals surface area contributed by atoms with E-state index in [1.165, 1.54) is 26.5 Å². The molecule has 1 heterocycles. The third-order valence-corrected chi connectivity index (χ3v) is 6.50. The van der Waals surface area contributed by atoms with E-state index >= 15 is 0 Å². The molecule has 0 spiro atoms. The molecule has 4 nitrogen and oxygen atoms in total. The molecule has 6 heteroatoms. The molecule has 0 radical (unpaired) electrons. The fourth-order valence-corrected chi connectivity index (χ4v) is 4.51. The van der Waals surface area contributed by atoms with Crippen LogP contribution >= 0.6 is 0 Å². The van der Waals surface area contributed by atoms with Gasteiger partial charge in [0.25, 0.3) is 0 Å². The summed E-state index contributed by atoms with van der Waals surface area (Å²) < 4.78 is 36.5. The van der Waals surface area contributed by atoms with Crippen LogP contribution in [0.5, 0.6) is 0 Å². The second kappa shape index (κ2) is 6.75. The number of benzene rings is 2. The van der Waals surface area contributed by atoms with E-state index in [1.54, 1.807) is 12.1 Å². The van der Waals surface area contributed by atoms with Crippen LogP contribution in [-0.4, -0.2) is 27.5 Å². The molecule has 3 aromatic rings. The summed E-state index contributed by atoms with van der Waals surface area (Å²) in [7, 11) is -2.13. The quantitative estimate of drug-likeness (QED) is 0.367. The first-order valence-electron chi connectivity index (χ1n) is 6.66. The zero-order chi connectivity index (χ0) is 16.3. The molecule has 0 amide bonds. The normalized spacial score (nSPS) is 11.1. The number of rotatable bonds is 1. The van der Waals surface area contributed by atoms with E-state index in [4.69, 9.17) is 0 Å². The van der Waals surface area contributed by atoms with Gasteiger partial charge in [-0.25, -0.2) is 8.42 Å². The smallest absolute Gasteiger partial charge is 0.124 e. The summed E-state index contributed by atoms with van der Waals surface area (Å²) in [6.45, 7) is 4.03. The minimum atomic E-state index is -4.27. The summed E-state index contributed by atoms with van der Waals surface area (Å²) in [6, 6.07) is 14.4. The van der Waals surface area contributed by atoms with Gasteiger partial charge in [0.2, 0.25) is 0 Å². The Morgan fingerprint density at radius 3 is 2.14 bits per heavy atom. The van der Waals surface area contributed by atoms with Gasteiger partial charge in [0.15, 0.2) is 0 Å². The maximum absolute atomic E-state index is 10.4. The Labute approximate surface area is 136 Å². The second-order valence-electron chi connectivity index (χ2n) is 4.91. The topological polar surface area (TPSA) is 61.1 Å². The Morgan fingerprint density at radius 1 is 1.00 bits per heavy atom. The summed E-state index contributed by atoms with van der Waals surface area (Å²) in [5.74, 6) is 0. The van der Waals surface area contributed by atoms with Crippen molar-refractivity contribution in [3.8, 4) is 0 Å². The van der Waals surface area contributed by atoms with E-state index in [2.05, 4.69) is 42.8 Å². The van der Waals surface area contributed by atoms with E-state index in [-0.39, 0.29) is 4.90 Å². The molecular formula is C16H17NO3SSe. The first kappa shape index (κ1) is 16.9. The number of nitrogens with zero attached hydrogens (tertiary/aromatic N) is 1. The van der Waals surface area contributed by atoms with E-state index in [0.29, 0.717) is 14.5 Å². The number of fused-ring (bicyclic) bond motifs is 1. The summed E-state index contributed by atoms with van der Waals surface area (Å²) in [5, 5.41) is 0. The van der Waals surface area contributed by atoms with Crippen LogP contribution in [0.15, 0.2) is 53.4 Å². The minimum Gasteiger partial charge on any atom is -0.744 e. The molecule has 0 aliphatic heterocycles. The second-order valence-corrected chi connectivity index (χ2v) is 8.89. The van der Waals surface area contributed by atoms with Crippen LogP contribution in [-0.2, 0) is 17.2 Å². The molecule has 0 bridgehead atoms. The van der Waals surface area contributed by atoms with Crippen molar-refractivity contribution in [2.45, 2.75) is 18.7 Å². The molecule has 22 heavy (non-hydrogen) atoms. The standard InChI is InChI=1S/C9H10NSe.C7H8O3S/c1-7-10(2)8-5-3-4-6-9(8)11-7;1-6-2-4-7(5-3-6)11(8,9)10/h3-6H,1-2H3;2-5H,1H3,(H,8,9,10)/q+1;/p-1. The van der Waals surface area contributed by atoms with Crippen LogP contribution in [0.2, 0.25) is 0 Å². The number of hydrogen-bond acceptors (Lipinski definition) is 3. The Bertz CT molecular complexity index is 883. The molecule has 0 saturated heterocycles. The van der Waals surface area contributed by atoms with Gasteiger partial charge in [-0.05, 0) is 19.1 Å². The molecule has 0 fully saturated rings. The van der Waals surface area contributed by atoms with Crippen LogP contribution in [0.3, 0.4) is 0 Å². The monoisotopic (exact) mass is 383 g/mol. The average molecular weight is 382 g/mol. The molecule has 0 N–H and O–H groups in total. The van der Waals surface area contributed by atoms with Crippen molar-refractivity contribution in [2.75, 3.05) is 0 Å². The number of aromatic nitrogens is 1. The maximum atomic E-state index is 10.4. The zero-order valence-corrected chi connectivity index (χ0v) is 15.1. The van der Waals surface area contributed by atoms with E-state index in [9.17, 15) is 13.0 Å². The van der Waals surface area contributed by atoms with Crippen molar-refractivity contribution >= 4 is 34.4 Å². The predicted molar refractivity (Wildman–Crippen MR) is 85.9 cm³/mol. The van der Waals surface area contributed by atoms with Crippen molar-refractivity contribution < 1.29 is 17.5 Å². The fraction of sp³-hybridized carbons (Fsp3) is 0.188. The largest absolute Gasteiger partial charge is 0.744 e. The molecule has 1 aromatic heterocycles. The third-order valence-electron chi connectivity index (χ3n) is 3.27. The van der Waals surface area contributed by atoms with Gasteiger partial charge in [-0.3, -0.25) is 0 Å². The Balaban J connectivity index is 0.000000160. The number of aryl methyl sites for hydroxylation is 3. The molecule has 3 rings (SSSR count). The zero-order valence-electron chi connectivity index (χ0n) is 12.6. The van der Waals surface area contributed by atoms with Crippen LogP contribution in [0.25, 0.3) is 9.78 Å². The average Bonchev–Trinajstić information content (AvgIpc) is 2.75. The van der Waals surface area contributed by atoms with Crippen molar-refractivity contribution in [1.82, 2.24) is 0 Å². The van der Waals surface area contributed by atoms with E-state index < -0.39 is 10.1 Å². The van der Waals surface area contributed by atoms with Crippen LogP contribution in [0, 0.1) is 13.8 Å². The van der Waals surface area contributed by atoms with Crippen LogP contribution < -0.4 is 4.57 Å². The summed E-state index contributed by atoms with van der Waals surface area (Å²) >= 11 is 0.575. The molecule has 0 atom stereocenters. The van der Waals surface area contributed by atoms with Crippen LogP contribution in [0.1, 0.15) is 10.1 Å². The van der Waals surface area contributed by atoms with Crippen molar-refractivity contribution in [1.29, 1.82) is 0 Å². The number of hydrogen-bond donors (Lipinski definition) is 0. The number of para-hydroxylation sites is 1. The Kier molecular flexibility index (Phi) is 5.19. The summed E-state index contributed by atoms with van der Waals surface area (Å²) in [4.78, 5) is -0.178. The van der Waals surface area contributed by atoms with E-state index in [1.807, 2.05) is 6.92 Å². The SMILES string of the molecule is Cc1[se]c2ccccc2[n+]1C.Cc1ccc(S(=O)(=O)[O-])cc1. The maximum Gasteiger partial charge on any atom is 0.124 e. The fourth-order valence-electron chi connectivity index (χ4n) is 1.92. The van der Waals surface area contributed by atoms with Crippen LogP contribution in [0.4, 0.5) is 0 Å². The van der Waals surface area contributed by atoms with Gasteiger partial charge in [0, 0.05) is 0 Å². The van der Waals surface area contributed by atoms with Gasteiger partial charge in [-0.15, -0.1) is 0 Å². The first-order valence-corrected chi connectivity index (χ1v) is 9.78. The van der Waals surface area contributed by atoms with Crippen molar-refractivity contribution in [3.63, 3.8) is 0 Å². The van der Waals surface area contributed by atoms with Crippen molar-refractivity contribution in [2.24, 2.45) is 7.05 Å². The summed E-state index contributed by atoms with van der Waals surface area (Å²) in [5.41, 5.74) is 2.32. The summed E-state index contributed by atoms with van der Waals surface area (Å²) in [6.07, 6.45) is 0. The molecule has 0 aliphatic carbocycles. The van der Waals surface area contributed by atoms with Gasteiger partial charge in [0.05, 0.1) is 4.90 Å². The molecule has 116 valence electrons. The van der Waals surface area contributed by atoms with Gasteiger partial charge in [0.1, 0.15) is 10.1 Å². The van der Waals surface area contributed by atoms with Gasteiger partial charge < -0.3 is 4.55 Å². The Morgan fingerprint density at radius 2 is 1.59 bits per heavy atom. The third kappa shape index (κ3) is 4.05. The van der Waals surface area contributed by atoms with Gasteiger partial charge in [-0.1, -0.05) is 17.7 Å². The molecule has 0 unspecified atom stereocenters. The van der Waals surface area contributed by atoms with Crippen molar-refractivity contribution in [3.05, 3.63) is 58.7 Å². The minimum absolute atomic E-state index is 0.178. The van der Waals surface area contributed by atoms with Gasteiger partial charge >= 0.3 is 71.7 Å². The van der Waals surface area contributed by atoms with E-state index in [0.717, 1.165) is 5.56 Å². The first-order chi connectivity index (χ1) is 10.3.